The summed E-state index contributed by atoms with van der Waals surface area (Å²) in [6.07, 6.45) is 1.49. The van der Waals surface area contributed by atoms with Gasteiger partial charge in [0.2, 0.25) is 5.91 Å². The summed E-state index contributed by atoms with van der Waals surface area (Å²) < 4.78 is 0. The smallest absolute Gasteiger partial charge is 0.337 e. The molecule has 0 atom stereocenters. The molecule has 0 spiro atoms. The van der Waals surface area contributed by atoms with Crippen LogP contribution in [0.4, 0.5) is 11.4 Å². The average Bonchev–Trinajstić information content (AvgIpc) is 2.73. The lowest BCUT2D eigenvalue weighted by Crippen LogP contribution is -2.21. The summed E-state index contributed by atoms with van der Waals surface area (Å²) in [5.74, 6) is -1.47. The van der Waals surface area contributed by atoms with Gasteiger partial charge in [-0.25, -0.2) is 4.79 Å². The molecule has 0 radical (unpaired) electrons. The van der Waals surface area contributed by atoms with Crippen LogP contribution in [-0.4, -0.2) is 49.1 Å². The quantitative estimate of drug-likeness (QED) is 0.468. The number of benzene rings is 3. The van der Waals surface area contributed by atoms with Crippen LogP contribution in [0.1, 0.15) is 22.8 Å². The Morgan fingerprint density at radius 2 is 1.74 bits per heavy atom. The number of allylic oxidation sites excluding steroid dienone is 1. The molecule has 0 saturated heterocycles. The molecule has 0 aromatic heterocycles. The maximum atomic E-state index is 12.6. The molecule has 31 heavy (non-hydrogen) atoms. The van der Waals surface area contributed by atoms with Crippen LogP contribution in [-0.2, 0) is 4.79 Å². The van der Waals surface area contributed by atoms with Crippen molar-refractivity contribution in [2.24, 2.45) is 0 Å². The molecule has 0 fully saturated rings. The summed E-state index contributed by atoms with van der Waals surface area (Å²) in [5.41, 5.74) is 2.78. The third kappa shape index (κ3) is 5.93. The molecule has 0 aliphatic rings. The van der Waals surface area contributed by atoms with Gasteiger partial charge in [-0.1, -0.05) is 36.4 Å². The van der Waals surface area contributed by atoms with E-state index >= 15 is 0 Å². The Balaban J connectivity index is 1.79. The molecular formula is C25H27N3O3. The standard InChI is InChI=1S/C25H27N3O3/c1-17(19-9-8-18-6-4-5-7-20(18)15-19)14-24(29)27-23-16-21(26-12-13-28(2)3)10-11-22(23)25(30)31/h4-11,14-16,26H,12-13H2,1-3H3,(H,27,29)(H,30,31)/b17-14-. The fourth-order valence-corrected chi connectivity index (χ4v) is 3.25. The fraction of sp³-hybridized carbons (Fsp3) is 0.200. The third-order valence-corrected chi connectivity index (χ3v) is 4.95. The number of hydrogen-bond acceptors (Lipinski definition) is 4. The lowest BCUT2D eigenvalue weighted by Gasteiger charge is -2.14. The number of likely N-dealkylation sites (N-methyl/N-ethyl adjacent to an activating group) is 1. The highest BCUT2D eigenvalue weighted by molar-refractivity contribution is 6.08. The average molecular weight is 418 g/mol. The number of nitrogens with zero attached hydrogens (tertiary/aromatic N) is 1. The number of anilines is 2. The summed E-state index contributed by atoms with van der Waals surface area (Å²) >= 11 is 0. The Labute approximate surface area is 182 Å². The van der Waals surface area contributed by atoms with Gasteiger partial charge in [0.25, 0.3) is 0 Å². The molecule has 3 rings (SSSR count). The fourth-order valence-electron chi connectivity index (χ4n) is 3.25. The molecule has 160 valence electrons. The van der Waals surface area contributed by atoms with Crippen LogP contribution in [0, 0.1) is 0 Å². The van der Waals surface area contributed by atoms with Gasteiger partial charge in [0.05, 0.1) is 11.3 Å². The predicted molar refractivity (Wildman–Crippen MR) is 127 cm³/mol. The first-order chi connectivity index (χ1) is 14.8. The van der Waals surface area contributed by atoms with Crippen molar-refractivity contribution in [3.8, 4) is 0 Å². The van der Waals surface area contributed by atoms with Gasteiger partial charge in [-0.05, 0) is 67.2 Å². The van der Waals surface area contributed by atoms with Crippen molar-refractivity contribution in [1.29, 1.82) is 0 Å². The van der Waals surface area contributed by atoms with Crippen molar-refractivity contribution in [3.63, 3.8) is 0 Å². The zero-order valence-electron chi connectivity index (χ0n) is 18.0. The van der Waals surface area contributed by atoms with Crippen molar-refractivity contribution in [2.45, 2.75) is 6.92 Å². The molecule has 6 nitrogen and oxygen atoms in total. The maximum Gasteiger partial charge on any atom is 0.337 e. The number of carboxylic acids is 1. The first kappa shape index (κ1) is 22.1. The second-order valence-electron chi connectivity index (χ2n) is 7.67. The second kappa shape index (κ2) is 9.91. The molecule has 3 aromatic carbocycles. The van der Waals surface area contributed by atoms with Gasteiger partial charge in [-0.2, -0.15) is 0 Å². The summed E-state index contributed by atoms with van der Waals surface area (Å²) in [5, 5.41) is 17.7. The number of carbonyl (C=O) groups excluding carboxylic acids is 1. The van der Waals surface area contributed by atoms with Crippen LogP contribution in [0.3, 0.4) is 0 Å². The Morgan fingerprint density at radius 3 is 2.45 bits per heavy atom. The SMILES string of the molecule is C/C(=C/C(=O)Nc1cc(NCCN(C)C)ccc1C(=O)O)c1ccc2ccccc2c1. The predicted octanol–water partition coefficient (Wildman–Crippen LogP) is 4.55. The molecule has 0 aliphatic heterocycles. The van der Waals surface area contributed by atoms with Crippen LogP contribution >= 0.6 is 0 Å². The van der Waals surface area contributed by atoms with E-state index in [1.165, 1.54) is 12.1 Å². The minimum absolute atomic E-state index is 0.0447. The molecule has 0 saturated carbocycles. The van der Waals surface area contributed by atoms with Crippen LogP contribution in [0.25, 0.3) is 16.3 Å². The zero-order chi connectivity index (χ0) is 22.4. The topological polar surface area (TPSA) is 81.7 Å². The largest absolute Gasteiger partial charge is 0.478 e. The Morgan fingerprint density at radius 1 is 1.00 bits per heavy atom. The van der Waals surface area contributed by atoms with Crippen LogP contribution in [0.2, 0.25) is 0 Å². The van der Waals surface area contributed by atoms with E-state index in [-0.39, 0.29) is 17.2 Å². The van der Waals surface area contributed by atoms with Crippen molar-refractivity contribution in [1.82, 2.24) is 4.90 Å². The van der Waals surface area contributed by atoms with E-state index in [9.17, 15) is 14.7 Å². The van der Waals surface area contributed by atoms with E-state index in [4.69, 9.17) is 0 Å². The van der Waals surface area contributed by atoms with Crippen molar-refractivity contribution < 1.29 is 14.7 Å². The zero-order valence-corrected chi connectivity index (χ0v) is 18.0. The highest BCUT2D eigenvalue weighted by Gasteiger charge is 2.13. The summed E-state index contributed by atoms with van der Waals surface area (Å²) in [4.78, 5) is 26.3. The van der Waals surface area contributed by atoms with Gasteiger partial charge in [0.1, 0.15) is 0 Å². The Bertz CT molecular complexity index is 1140. The number of nitrogens with one attached hydrogen (secondary N) is 2. The minimum Gasteiger partial charge on any atom is -0.478 e. The number of rotatable bonds is 8. The molecule has 0 bridgehead atoms. The number of fused-ring (bicyclic) bond motifs is 1. The first-order valence-corrected chi connectivity index (χ1v) is 10.1. The van der Waals surface area contributed by atoms with E-state index < -0.39 is 5.97 Å². The van der Waals surface area contributed by atoms with Gasteiger partial charge in [0, 0.05) is 24.9 Å². The van der Waals surface area contributed by atoms with Gasteiger partial charge in [-0.15, -0.1) is 0 Å². The Kier molecular flexibility index (Phi) is 7.05. The molecule has 1 amide bonds. The van der Waals surface area contributed by atoms with Crippen molar-refractivity contribution in [2.75, 3.05) is 37.8 Å². The van der Waals surface area contributed by atoms with Gasteiger partial charge in [-0.3, -0.25) is 4.79 Å². The minimum atomic E-state index is -1.09. The number of carboxylic acid groups (broad SMARTS) is 1. The maximum absolute atomic E-state index is 12.6. The van der Waals surface area contributed by atoms with E-state index in [0.29, 0.717) is 6.54 Å². The molecular weight excluding hydrogens is 390 g/mol. The van der Waals surface area contributed by atoms with Crippen LogP contribution < -0.4 is 10.6 Å². The van der Waals surface area contributed by atoms with Gasteiger partial charge < -0.3 is 20.6 Å². The second-order valence-corrected chi connectivity index (χ2v) is 7.67. The molecule has 3 aromatic rings. The molecule has 0 unspecified atom stereocenters. The van der Waals surface area contributed by atoms with E-state index in [1.54, 1.807) is 12.1 Å². The summed E-state index contributed by atoms with van der Waals surface area (Å²) in [6.45, 7) is 3.39. The highest BCUT2D eigenvalue weighted by atomic mass is 16.4. The number of hydrogen-bond donors (Lipinski definition) is 3. The van der Waals surface area contributed by atoms with Crippen molar-refractivity contribution in [3.05, 3.63) is 77.9 Å². The first-order valence-electron chi connectivity index (χ1n) is 10.1. The van der Waals surface area contributed by atoms with E-state index in [0.717, 1.165) is 34.1 Å². The number of carbonyl (C=O) groups is 2. The summed E-state index contributed by atoms with van der Waals surface area (Å²) in [7, 11) is 3.95. The molecule has 6 heteroatoms. The Hall–Kier alpha value is -3.64. The molecule has 0 aliphatic carbocycles. The van der Waals surface area contributed by atoms with E-state index in [2.05, 4.69) is 10.6 Å². The molecule has 0 heterocycles. The van der Waals surface area contributed by atoms with Crippen LogP contribution in [0.15, 0.2) is 66.7 Å². The lowest BCUT2D eigenvalue weighted by molar-refractivity contribution is -0.111. The number of amides is 1. The third-order valence-electron chi connectivity index (χ3n) is 4.95. The monoisotopic (exact) mass is 417 g/mol. The lowest BCUT2D eigenvalue weighted by atomic mass is 10.0. The number of aromatic carboxylic acids is 1. The molecule has 3 N–H and O–H groups in total. The van der Waals surface area contributed by atoms with Gasteiger partial charge >= 0.3 is 5.97 Å². The van der Waals surface area contributed by atoms with E-state index in [1.807, 2.05) is 68.4 Å². The van der Waals surface area contributed by atoms with Crippen molar-refractivity contribution >= 4 is 39.6 Å². The normalized spacial score (nSPS) is 11.5. The summed E-state index contributed by atoms with van der Waals surface area (Å²) in [6, 6.07) is 18.9. The van der Waals surface area contributed by atoms with Crippen LogP contribution in [0.5, 0.6) is 0 Å². The highest BCUT2D eigenvalue weighted by Crippen LogP contribution is 2.23. The van der Waals surface area contributed by atoms with Gasteiger partial charge in [0.15, 0.2) is 0 Å².